The summed E-state index contributed by atoms with van der Waals surface area (Å²) in [5.74, 6) is -0.0186. The fourth-order valence-corrected chi connectivity index (χ4v) is 1.45. The van der Waals surface area contributed by atoms with E-state index in [9.17, 15) is 4.79 Å². The molecule has 0 bridgehead atoms. The van der Waals surface area contributed by atoms with Gasteiger partial charge in [-0.1, -0.05) is 0 Å². The van der Waals surface area contributed by atoms with Gasteiger partial charge in [-0.25, -0.2) is 0 Å². The van der Waals surface area contributed by atoms with E-state index < -0.39 is 0 Å². The van der Waals surface area contributed by atoms with Crippen molar-refractivity contribution >= 4 is 27.5 Å². The molecule has 2 rings (SSSR count). The Labute approximate surface area is 94.4 Å². The Kier molecular flexibility index (Phi) is 2.82. The Hall–Kier alpha value is -1.62. The fraction of sp³-hybridized carbons (Fsp3) is 0. The van der Waals surface area contributed by atoms with E-state index >= 15 is 0 Å². The molecule has 2 aromatic heterocycles. The summed E-state index contributed by atoms with van der Waals surface area (Å²) in [6.45, 7) is 0. The maximum Gasteiger partial charge on any atom is 0.291 e. The van der Waals surface area contributed by atoms with Crippen molar-refractivity contribution in [3.8, 4) is 0 Å². The van der Waals surface area contributed by atoms with Crippen LogP contribution in [0.25, 0.3) is 0 Å². The number of furan rings is 1. The highest BCUT2D eigenvalue weighted by Gasteiger charge is 2.08. The first-order valence-corrected chi connectivity index (χ1v) is 5.00. The molecule has 0 unspecified atom stereocenters. The number of amides is 1. The van der Waals surface area contributed by atoms with Crippen molar-refractivity contribution in [3.05, 3.63) is 47.1 Å². The molecule has 2 heterocycles. The molecule has 0 radical (unpaired) electrons. The van der Waals surface area contributed by atoms with Crippen LogP contribution >= 0.6 is 15.9 Å². The SMILES string of the molecule is O=C(Nc1cncc(Br)c1)c1ccco1. The van der Waals surface area contributed by atoms with E-state index in [-0.39, 0.29) is 11.7 Å². The summed E-state index contributed by atoms with van der Waals surface area (Å²) >= 11 is 3.26. The predicted molar refractivity (Wildman–Crippen MR) is 58.6 cm³/mol. The molecule has 76 valence electrons. The van der Waals surface area contributed by atoms with Crippen LogP contribution in [0.1, 0.15) is 10.6 Å². The average molecular weight is 267 g/mol. The van der Waals surface area contributed by atoms with Gasteiger partial charge in [-0.15, -0.1) is 0 Å². The van der Waals surface area contributed by atoms with Crippen molar-refractivity contribution in [2.45, 2.75) is 0 Å². The lowest BCUT2D eigenvalue weighted by Gasteiger charge is -2.02. The summed E-state index contributed by atoms with van der Waals surface area (Å²) in [7, 11) is 0. The quantitative estimate of drug-likeness (QED) is 0.910. The van der Waals surface area contributed by atoms with Crippen LogP contribution in [0.5, 0.6) is 0 Å². The zero-order chi connectivity index (χ0) is 10.7. The van der Waals surface area contributed by atoms with Crippen molar-refractivity contribution in [2.75, 3.05) is 5.32 Å². The highest BCUT2D eigenvalue weighted by atomic mass is 79.9. The highest BCUT2D eigenvalue weighted by molar-refractivity contribution is 9.10. The van der Waals surface area contributed by atoms with Gasteiger partial charge in [-0.2, -0.15) is 0 Å². The number of nitrogens with one attached hydrogen (secondary N) is 1. The molecular weight excluding hydrogens is 260 g/mol. The van der Waals surface area contributed by atoms with Gasteiger partial charge in [0.2, 0.25) is 0 Å². The van der Waals surface area contributed by atoms with Crippen LogP contribution in [-0.2, 0) is 0 Å². The molecule has 0 saturated carbocycles. The van der Waals surface area contributed by atoms with Gasteiger partial charge < -0.3 is 9.73 Å². The van der Waals surface area contributed by atoms with Gasteiger partial charge in [0.05, 0.1) is 18.1 Å². The number of aromatic nitrogens is 1. The van der Waals surface area contributed by atoms with Crippen molar-refractivity contribution < 1.29 is 9.21 Å². The van der Waals surface area contributed by atoms with Gasteiger partial charge in [0.25, 0.3) is 5.91 Å². The van der Waals surface area contributed by atoms with Gasteiger partial charge >= 0.3 is 0 Å². The second-order valence-corrected chi connectivity index (χ2v) is 3.74. The van der Waals surface area contributed by atoms with Gasteiger partial charge in [0, 0.05) is 10.7 Å². The molecular formula is C10H7BrN2O2. The second kappa shape index (κ2) is 4.27. The van der Waals surface area contributed by atoms with Crippen molar-refractivity contribution in [1.82, 2.24) is 4.98 Å². The third-order valence-electron chi connectivity index (χ3n) is 1.71. The Morgan fingerprint density at radius 3 is 3.00 bits per heavy atom. The largest absolute Gasteiger partial charge is 0.459 e. The van der Waals surface area contributed by atoms with Gasteiger partial charge in [-0.3, -0.25) is 9.78 Å². The number of rotatable bonds is 2. The monoisotopic (exact) mass is 266 g/mol. The number of pyridine rings is 1. The normalized spacial score (nSPS) is 9.93. The van der Waals surface area contributed by atoms with Gasteiger partial charge in [0.15, 0.2) is 5.76 Å². The Morgan fingerprint density at radius 1 is 1.47 bits per heavy atom. The minimum atomic E-state index is -0.292. The Bertz CT molecular complexity index is 468. The zero-order valence-electron chi connectivity index (χ0n) is 7.61. The van der Waals surface area contributed by atoms with Crippen LogP contribution in [0, 0.1) is 0 Å². The molecule has 0 aliphatic carbocycles. The van der Waals surface area contributed by atoms with E-state index in [4.69, 9.17) is 4.42 Å². The Balaban J connectivity index is 2.13. The standard InChI is InChI=1S/C10H7BrN2O2/c11-7-4-8(6-12-5-7)13-10(14)9-2-1-3-15-9/h1-6H,(H,13,14). The second-order valence-electron chi connectivity index (χ2n) is 2.82. The minimum Gasteiger partial charge on any atom is -0.459 e. The molecule has 0 aliphatic heterocycles. The van der Waals surface area contributed by atoms with E-state index in [0.717, 1.165) is 4.47 Å². The molecule has 0 atom stereocenters. The van der Waals surface area contributed by atoms with Crippen molar-refractivity contribution in [3.63, 3.8) is 0 Å². The molecule has 0 aliphatic rings. The molecule has 0 spiro atoms. The molecule has 0 fully saturated rings. The first-order valence-electron chi connectivity index (χ1n) is 4.21. The third-order valence-corrected chi connectivity index (χ3v) is 2.14. The highest BCUT2D eigenvalue weighted by Crippen LogP contribution is 2.14. The number of carbonyl (C=O) groups excluding carboxylic acids is 1. The van der Waals surface area contributed by atoms with Crippen LogP contribution in [0.2, 0.25) is 0 Å². The smallest absolute Gasteiger partial charge is 0.291 e. The van der Waals surface area contributed by atoms with Crippen molar-refractivity contribution in [1.29, 1.82) is 0 Å². The van der Waals surface area contributed by atoms with Crippen LogP contribution in [0.3, 0.4) is 0 Å². The topological polar surface area (TPSA) is 55.1 Å². The lowest BCUT2D eigenvalue weighted by atomic mass is 10.4. The Morgan fingerprint density at radius 2 is 2.33 bits per heavy atom. The van der Waals surface area contributed by atoms with Crippen LogP contribution in [0.4, 0.5) is 5.69 Å². The molecule has 15 heavy (non-hydrogen) atoms. The summed E-state index contributed by atoms with van der Waals surface area (Å²) in [4.78, 5) is 15.5. The number of hydrogen-bond acceptors (Lipinski definition) is 3. The summed E-state index contributed by atoms with van der Waals surface area (Å²) in [6.07, 6.45) is 4.65. The predicted octanol–water partition coefficient (Wildman–Crippen LogP) is 2.69. The molecule has 1 N–H and O–H groups in total. The fourth-order valence-electron chi connectivity index (χ4n) is 1.08. The van der Waals surface area contributed by atoms with Crippen molar-refractivity contribution in [2.24, 2.45) is 0 Å². The number of nitrogens with zero attached hydrogens (tertiary/aromatic N) is 1. The zero-order valence-corrected chi connectivity index (χ0v) is 9.19. The van der Waals surface area contributed by atoms with Crippen LogP contribution in [-0.4, -0.2) is 10.9 Å². The number of halogens is 1. The van der Waals surface area contributed by atoms with E-state index in [1.54, 1.807) is 30.6 Å². The first-order chi connectivity index (χ1) is 7.25. The van der Waals surface area contributed by atoms with Gasteiger partial charge in [0.1, 0.15) is 0 Å². The number of carbonyl (C=O) groups is 1. The number of anilines is 1. The maximum atomic E-state index is 11.5. The minimum absolute atomic E-state index is 0.273. The molecule has 4 nitrogen and oxygen atoms in total. The third kappa shape index (κ3) is 2.44. The van der Waals surface area contributed by atoms with E-state index in [2.05, 4.69) is 26.2 Å². The van der Waals surface area contributed by atoms with Gasteiger partial charge in [-0.05, 0) is 34.1 Å². The molecule has 0 saturated heterocycles. The first kappa shape index (κ1) is 9.92. The lowest BCUT2D eigenvalue weighted by molar-refractivity contribution is 0.0996. The van der Waals surface area contributed by atoms with Crippen LogP contribution < -0.4 is 5.32 Å². The average Bonchev–Trinajstić information content (AvgIpc) is 2.70. The molecule has 1 amide bonds. The maximum absolute atomic E-state index is 11.5. The molecule has 2 aromatic rings. The number of hydrogen-bond donors (Lipinski definition) is 1. The van der Waals surface area contributed by atoms with E-state index in [1.165, 1.54) is 6.26 Å². The summed E-state index contributed by atoms with van der Waals surface area (Å²) < 4.78 is 5.76. The summed E-state index contributed by atoms with van der Waals surface area (Å²) in [6, 6.07) is 5.02. The molecule has 0 aromatic carbocycles. The van der Waals surface area contributed by atoms with Crippen LogP contribution in [0.15, 0.2) is 45.7 Å². The summed E-state index contributed by atoms with van der Waals surface area (Å²) in [5, 5.41) is 2.66. The van der Waals surface area contributed by atoms with E-state index in [1.807, 2.05) is 0 Å². The van der Waals surface area contributed by atoms with E-state index in [0.29, 0.717) is 5.69 Å². The molecule has 5 heteroatoms. The lowest BCUT2D eigenvalue weighted by Crippen LogP contribution is -2.10. The summed E-state index contributed by atoms with van der Waals surface area (Å²) in [5.41, 5.74) is 0.616.